The molecule has 0 aromatic rings. The first-order valence-corrected chi connectivity index (χ1v) is 5.96. The molecule has 0 spiro atoms. The molecule has 0 aromatic carbocycles. The molecule has 2 amide bonds. The molecule has 16 heavy (non-hydrogen) atoms. The summed E-state index contributed by atoms with van der Waals surface area (Å²) in [6.45, 7) is 7.31. The molecule has 1 fully saturated rings. The predicted octanol–water partition coefficient (Wildman–Crippen LogP) is 0.747. The summed E-state index contributed by atoms with van der Waals surface area (Å²) in [7, 11) is 0. The van der Waals surface area contributed by atoms with Gasteiger partial charge in [-0.25, -0.2) is 4.79 Å². The molecule has 4 heteroatoms. The van der Waals surface area contributed by atoms with Crippen LogP contribution in [0.3, 0.4) is 0 Å². The molecule has 1 aliphatic rings. The van der Waals surface area contributed by atoms with Crippen molar-refractivity contribution in [1.29, 1.82) is 0 Å². The SMILES string of the molecule is C#CCNC(=O)N1CCCN(CCC)CC1. The van der Waals surface area contributed by atoms with Gasteiger partial charge in [0.2, 0.25) is 0 Å². The van der Waals surface area contributed by atoms with E-state index in [9.17, 15) is 4.79 Å². The van der Waals surface area contributed by atoms with Crippen LogP contribution >= 0.6 is 0 Å². The van der Waals surface area contributed by atoms with Crippen LogP contribution in [0.4, 0.5) is 4.79 Å². The summed E-state index contributed by atoms with van der Waals surface area (Å²) < 4.78 is 0. The fraction of sp³-hybridized carbons (Fsp3) is 0.750. The first-order chi connectivity index (χ1) is 7.77. The van der Waals surface area contributed by atoms with Crippen molar-refractivity contribution in [1.82, 2.24) is 15.1 Å². The van der Waals surface area contributed by atoms with Crippen molar-refractivity contribution >= 4 is 6.03 Å². The smallest absolute Gasteiger partial charge is 0.318 e. The van der Waals surface area contributed by atoms with Gasteiger partial charge in [0.15, 0.2) is 0 Å². The maximum atomic E-state index is 11.7. The van der Waals surface area contributed by atoms with E-state index in [1.165, 1.54) is 6.42 Å². The lowest BCUT2D eigenvalue weighted by Gasteiger charge is -2.21. The molecule has 0 bridgehead atoms. The monoisotopic (exact) mass is 223 g/mol. The first kappa shape index (κ1) is 12.9. The highest BCUT2D eigenvalue weighted by Crippen LogP contribution is 2.03. The lowest BCUT2D eigenvalue weighted by molar-refractivity contribution is 0.199. The van der Waals surface area contributed by atoms with E-state index in [1.54, 1.807) is 0 Å². The topological polar surface area (TPSA) is 35.6 Å². The Balaban J connectivity index is 2.35. The number of carbonyl (C=O) groups excluding carboxylic acids is 1. The normalized spacial score (nSPS) is 17.6. The van der Waals surface area contributed by atoms with Gasteiger partial charge < -0.3 is 15.1 Å². The number of amides is 2. The summed E-state index contributed by atoms with van der Waals surface area (Å²) in [6, 6.07) is -0.0312. The van der Waals surface area contributed by atoms with Crippen molar-refractivity contribution in [2.75, 3.05) is 39.3 Å². The lowest BCUT2D eigenvalue weighted by Crippen LogP contribution is -2.42. The summed E-state index contributed by atoms with van der Waals surface area (Å²) >= 11 is 0. The average Bonchev–Trinajstić information content (AvgIpc) is 2.52. The van der Waals surface area contributed by atoms with Crippen molar-refractivity contribution < 1.29 is 4.79 Å². The molecule has 90 valence electrons. The second-order valence-electron chi connectivity index (χ2n) is 4.05. The van der Waals surface area contributed by atoms with Gasteiger partial charge in [0.1, 0.15) is 0 Å². The highest BCUT2D eigenvalue weighted by Gasteiger charge is 2.17. The van der Waals surface area contributed by atoms with Crippen LogP contribution in [-0.4, -0.2) is 55.1 Å². The fourth-order valence-electron chi connectivity index (χ4n) is 1.95. The molecule has 0 radical (unpaired) electrons. The molecular formula is C12H21N3O. The number of hydrogen-bond donors (Lipinski definition) is 1. The molecule has 0 unspecified atom stereocenters. The second kappa shape index (κ2) is 7.13. The van der Waals surface area contributed by atoms with Gasteiger partial charge in [-0.05, 0) is 25.9 Å². The molecule has 0 aromatic heterocycles. The summed E-state index contributed by atoms with van der Waals surface area (Å²) in [5, 5.41) is 2.71. The van der Waals surface area contributed by atoms with E-state index in [-0.39, 0.29) is 6.03 Å². The molecule has 1 aliphatic heterocycles. The largest absolute Gasteiger partial charge is 0.327 e. The molecule has 0 atom stereocenters. The molecule has 0 saturated carbocycles. The molecule has 4 nitrogen and oxygen atoms in total. The van der Waals surface area contributed by atoms with Crippen LogP contribution in [0.25, 0.3) is 0 Å². The average molecular weight is 223 g/mol. The van der Waals surface area contributed by atoms with E-state index in [1.807, 2.05) is 4.90 Å². The van der Waals surface area contributed by atoms with Crippen molar-refractivity contribution in [3.8, 4) is 12.3 Å². The number of carbonyl (C=O) groups is 1. The standard InChI is InChI=1S/C12H21N3O/c1-3-6-13-12(16)15-9-5-8-14(7-4-2)10-11-15/h1H,4-11H2,2H3,(H,13,16). The van der Waals surface area contributed by atoms with Gasteiger partial charge in [-0.2, -0.15) is 0 Å². The molecule has 1 rings (SSSR count). The third-order valence-electron chi connectivity index (χ3n) is 2.76. The Morgan fingerprint density at radius 3 is 2.88 bits per heavy atom. The highest BCUT2D eigenvalue weighted by atomic mass is 16.2. The third kappa shape index (κ3) is 4.11. The lowest BCUT2D eigenvalue weighted by atomic mass is 10.3. The van der Waals surface area contributed by atoms with Crippen molar-refractivity contribution in [3.05, 3.63) is 0 Å². The zero-order valence-corrected chi connectivity index (χ0v) is 10.0. The predicted molar refractivity (Wildman–Crippen MR) is 65.2 cm³/mol. The Hall–Kier alpha value is -1.21. The first-order valence-electron chi connectivity index (χ1n) is 5.96. The van der Waals surface area contributed by atoms with Gasteiger partial charge >= 0.3 is 6.03 Å². The Morgan fingerprint density at radius 1 is 1.38 bits per heavy atom. The van der Waals surface area contributed by atoms with E-state index < -0.39 is 0 Å². The summed E-state index contributed by atoms with van der Waals surface area (Å²) in [5.41, 5.74) is 0. The Bertz CT molecular complexity index is 259. The molecular weight excluding hydrogens is 202 g/mol. The third-order valence-corrected chi connectivity index (χ3v) is 2.76. The van der Waals surface area contributed by atoms with Gasteiger partial charge in [0.25, 0.3) is 0 Å². The Kier molecular flexibility index (Phi) is 5.73. The fourth-order valence-corrected chi connectivity index (χ4v) is 1.95. The van der Waals surface area contributed by atoms with Crippen LogP contribution in [0, 0.1) is 12.3 Å². The van der Waals surface area contributed by atoms with E-state index in [4.69, 9.17) is 6.42 Å². The number of hydrogen-bond acceptors (Lipinski definition) is 2. The minimum absolute atomic E-state index is 0.0312. The number of terminal acetylenes is 1. The maximum absolute atomic E-state index is 11.7. The van der Waals surface area contributed by atoms with Gasteiger partial charge in [-0.1, -0.05) is 12.8 Å². The highest BCUT2D eigenvalue weighted by molar-refractivity contribution is 5.74. The van der Waals surface area contributed by atoms with Crippen molar-refractivity contribution in [3.63, 3.8) is 0 Å². The zero-order chi connectivity index (χ0) is 11.8. The second-order valence-corrected chi connectivity index (χ2v) is 4.05. The quantitative estimate of drug-likeness (QED) is 0.717. The summed E-state index contributed by atoms with van der Waals surface area (Å²) in [6.07, 6.45) is 7.32. The van der Waals surface area contributed by atoms with Crippen molar-refractivity contribution in [2.45, 2.75) is 19.8 Å². The van der Waals surface area contributed by atoms with E-state index in [0.29, 0.717) is 6.54 Å². The molecule has 1 saturated heterocycles. The maximum Gasteiger partial charge on any atom is 0.318 e. The van der Waals surface area contributed by atoms with Gasteiger partial charge in [0.05, 0.1) is 6.54 Å². The van der Waals surface area contributed by atoms with Crippen LogP contribution < -0.4 is 5.32 Å². The van der Waals surface area contributed by atoms with Crippen LogP contribution in [0.5, 0.6) is 0 Å². The van der Waals surface area contributed by atoms with Crippen LogP contribution in [0.1, 0.15) is 19.8 Å². The summed E-state index contributed by atoms with van der Waals surface area (Å²) in [5.74, 6) is 2.41. The Labute approximate surface area is 98.0 Å². The van der Waals surface area contributed by atoms with E-state index in [0.717, 1.165) is 39.1 Å². The Morgan fingerprint density at radius 2 is 2.19 bits per heavy atom. The van der Waals surface area contributed by atoms with Crippen LogP contribution in [0.2, 0.25) is 0 Å². The minimum atomic E-state index is -0.0312. The zero-order valence-electron chi connectivity index (χ0n) is 10.0. The summed E-state index contributed by atoms with van der Waals surface area (Å²) in [4.78, 5) is 15.9. The number of nitrogens with zero attached hydrogens (tertiary/aromatic N) is 2. The number of nitrogens with one attached hydrogen (secondary N) is 1. The molecule has 1 heterocycles. The van der Waals surface area contributed by atoms with E-state index >= 15 is 0 Å². The van der Waals surface area contributed by atoms with Crippen molar-refractivity contribution in [2.24, 2.45) is 0 Å². The minimum Gasteiger partial charge on any atom is -0.327 e. The van der Waals surface area contributed by atoms with Crippen LogP contribution in [0.15, 0.2) is 0 Å². The number of rotatable bonds is 3. The van der Waals surface area contributed by atoms with Gasteiger partial charge in [-0.15, -0.1) is 6.42 Å². The number of urea groups is 1. The van der Waals surface area contributed by atoms with E-state index in [2.05, 4.69) is 23.1 Å². The molecule has 1 N–H and O–H groups in total. The van der Waals surface area contributed by atoms with Crippen LogP contribution in [-0.2, 0) is 0 Å². The molecule has 0 aliphatic carbocycles. The van der Waals surface area contributed by atoms with Gasteiger partial charge in [-0.3, -0.25) is 0 Å². The van der Waals surface area contributed by atoms with Gasteiger partial charge in [0, 0.05) is 19.6 Å².